The molecule has 1 aliphatic carbocycles. The molecule has 0 saturated heterocycles. The minimum Gasteiger partial charge on any atom is -0.461 e. The SMILES string of the molecule is CCOC(=O)c1cnc(NC2(Cc3ccccc3)CC2)cn1. The number of carbonyl (C=O) groups is 1. The molecule has 0 bridgehead atoms. The van der Waals surface area contributed by atoms with Crippen LogP contribution in [0, 0.1) is 0 Å². The second-order valence-electron chi connectivity index (χ2n) is 5.58. The molecule has 0 spiro atoms. The van der Waals surface area contributed by atoms with Gasteiger partial charge in [-0.15, -0.1) is 0 Å². The lowest BCUT2D eigenvalue weighted by molar-refractivity contribution is 0.0519. The van der Waals surface area contributed by atoms with Gasteiger partial charge >= 0.3 is 5.97 Å². The number of rotatable bonds is 6. The van der Waals surface area contributed by atoms with Crippen molar-refractivity contribution in [2.45, 2.75) is 31.7 Å². The maximum Gasteiger partial charge on any atom is 0.358 e. The van der Waals surface area contributed by atoms with E-state index in [1.807, 2.05) is 6.07 Å². The lowest BCUT2D eigenvalue weighted by atomic mass is 10.0. The lowest BCUT2D eigenvalue weighted by Gasteiger charge is -2.18. The van der Waals surface area contributed by atoms with Crippen molar-refractivity contribution in [3.05, 3.63) is 54.0 Å². The van der Waals surface area contributed by atoms with E-state index >= 15 is 0 Å². The average molecular weight is 297 g/mol. The first kappa shape index (κ1) is 14.5. The molecule has 1 aromatic carbocycles. The molecule has 0 radical (unpaired) electrons. The Morgan fingerprint density at radius 1 is 1.23 bits per heavy atom. The Labute approximate surface area is 129 Å². The Bertz CT molecular complexity index is 637. The van der Waals surface area contributed by atoms with E-state index in [2.05, 4.69) is 39.6 Å². The second-order valence-corrected chi connectivity index (χ2v) is 5.58. The molecule has 0 unspecified atom stereocenters. The largest absolute Gasteiger partial charge is 0.461 e. The van der Waals surface area contributed by atoms with Crippen molar-refractivity contribution >= 4 is 11.8 Å². The predicted octanol–water partition coefficient (Wildman–Crippen LogP) is 2.84. The zero-order valence-electron chi connectivity index (χ0n) is 12.6. The van der Waals surface area contributed by atoms with Gasteiger partial charge in [-0.2, -0.15) is 0 Å². The van der Waals surface area contributed by atoms with E-state index in [0.29, 0.717) is 12.4 Å². The molecule has 2 aromatic rings. The summed E-state index contributed by atoms with van der Waals surface area (Å²) >= 11 is 0. The van der Waals surface area contributed by atoms with Crippen molar-refractivity contribution in [1.29, 1.82) is 0 Å². The molecular weight excluding hydrogens is 278 g/mol. The zero-order chi connectivity index (χ0) is 15.4. The van der Waals surface area contributed by atoms with Gasteiger partial charge < -0.3 is 10.1 Å². The first-order valence-corrected chi connectivity index (χ1v) is 7.52. The Balaban J connectivity index is 1.64. The normalized spacial score (nSPS) is 15.1. The van der Waals surface area contributed by atoms with E-state index in [1.165, 1.54) is 11.8 Å². The Hall–Kier alpha value is -2.43. The number of carbonyl (C=O) groups excluding carboxylic acids is 1. The van der Waals surface area contributed by atoms with E-state index in [1.54, 1.807) is 13.1 Å². The lowest BCUT2D eigenvalue weighted by Crippen LogP contribution is -2.25. The smallest absolute Gasteiger partial charge is 0.358 e. The molecule has 1 saturated carbocycles. The van der Waals surface area contributed by atoms with Gasteiger partial charge in [0.15, 0.2) is 5.69 Å². The molecule has 1 heterocycles. The third-order valence-corrected chi connectivity index (χ3v) is 3.77. The van der Waals surface area contributed by atoms with Crippen molar-refractivity contribution in [1.82, 2.24) is 9.97 Å². The summed E-state index contributed by atoms with van der Waals surface area (Å²) in [5, 5.41) is 3.45. The summed E-state index contributed by atoms with van der Waals surface area (Å²) in [6.45, 7) is 2.10. The minimum atomic E-state index is -0.438. The van der Waals surface area contributed by atoms with Gasteiger partial charge in [0.2, 0.25) is 0 Å². The molecule has 0 amide bonds. The molecule has 0 atom stereocenters. The number of esters is 1. The summed E-state index contributed by atoms with van der Waals surface area (Å²) in [7, 11) is 0. The first-order chi connectivity index (χ1) is 10.7. The van der Waals surface area contributed by atoms with Crippen LogP contribution in [0.25, 0.3) is 0 Å². The third kappa shape index (κ3) is 3.42. The summed E-state index contributed by atoms with van der Waals surface area (Å²) in [4.78, 5) is 19.9. The van der Waals surface area contributed by atoms with Gasteiger partial charge in [-0.25, -0.2) is 14.8 Å². The molecule has 5 nitrogen and oxygen atoms in total. The van der Waals surface area contributed by atoms with Crippen LogP contribution in [0.1, 0.15) is 35.8 Å². The number of ether oxygens (including phenoxy) is 1. The maximum atomic E-state index is 11.5. The molecule has 1 fully saturated rings. The summed E-state index contributed by atoms with van der Waals surface area (Å²) < 4.78 is 4.90. The Morgan fingerprint density at radius 3 is 2.59 bits per heavy atom. The summed E-state index contributed by atoms with van der Waals surface area (Å²) in [6.07, 6.45) is 6.25. The third-order valence-electron chi connectivity index (χ3n) is 3.77. The van der Waals surface area contributed by atoms with Crippen LogP contribution in [0.15, 0.2) is 42.7 Å². The van der Waals surface area contributed by atoms with Gasteiger partial charge in [-0.3, -0.25) is 0 Å². The van der Waals surface area contributed by atoms with Crippen LogP contribution in [0.2, 0.25) is 0 Å². The molecule has 1 aliphatic rings. The van der Waals surface area contributed by atoms with Crippen LogP contribution in [0.5, 0.6) is 0 Å². The van der Waals surface area contributed by atoms with E-state index in [4.69, 9.17) is 4.74 Å². The predicted molar refractivity (Wildman–Crippen MR) is 83.7 cm³/mol. The molecule has 114 valence electrons. The summed E-state index contributed by atoms with van der Waals surface area (Å²) in [5.74, 6) is 0.258. The van der Waals surface area contributed by atoms with Gasteiger partial charge in [0.1, 0.15) is 5.82 Å². The van der Waals surface area contributed by atoms with Gasteiger partial charge in [0.05, 0.1) is 19.0 Å². The van der Waals surface area contributed by atoms with Crippen LogP contribution < -0.4 is 5.32 Å². The number of benzene rings is 1. The summed E-state index contributed by atoms with van der Waals surface area (Å²) in [6, 6.07) is 10.4. The molecular formula is C17H19N3O2. The van der Waals surface area contributed by atoms with Crippen LogP contribution in [0.4, 0.5) is 5.82 Å². The molecule has 1 aromatic heterocycles. The summed E-state index contributed by atoms with van der Waals surface area (Å²) in [5.41, 5.74) is 1.62. The van der Waals surface area contributed by atoms with E-state index < -0.39 is 5.97 Å². The highest BCUT2D eigenvalue weighted by Gasteiger charge is 2.42. The van der Waals surface area contributed by atoms with Crippen molar-refractivity contribution < 1.29 is 9.53 Å². The van der Waals surface area contributed by atoms with Gasteiger partial charge in [-0.05, 0) is 31.7 Å². The number of nitrogens with zero attached hydrogens (tertiary/aromatic N) is 2. The Kier molecular flexibility index (Phi) is 4.04. The van der Waals surface area contributed by atoms with Crippen LogP contribution in [-0.2, 0) is 11.2 Å². The molecule has 0 aliphatic heterocycles. The van der Waals surface area contributed by atoms with Crippen LogP contribution in [-0.4, -0.2) is 28.1 Å². The van der Waals surface area contributed by atoms with Crippen molar-refractivity contribution in [3.8, 4) is 0 Å². The van der Waals surface area contributed by atoms with E-state index in [9.17, 15) is 4.79 Å². The molecule has 5 heteroatoms. The number of nitrogens with one attached hydrogen (secondary N) is 1. The molecule has 1 N–H and O–H groups in total. The van der Waals surface area contributed by atoms with E-state index in [-0.39, 0.29) is 11.2 Å². The van der Waals surface area contributed by atoms with E-state index in [0.717, 1.165) is 19.3 Å². The molecule has 22 heavy (non-hydrogen) atoms. The van der Waals surface area contributed by atoms with Gasteiger partial charge in [0, 0.05) is 5.54 Å². The fourth-order valence-corrected chi connectivity index (χ4v) is 2.46. The minimum absolute atomic E-state index is 0.0709. The van der Waals surface area contributed by atoms with Crippen LogP contribution in [0.3, 0.4) is 0 Å². The highest BCUT2D eigenvalue weighted by molar-refractivity contribution is 5.86. The monoisotopic (exact) mass is 297 g/mol. The Morgan fingerprint density at radius 2 is 2.00 bits per heavy atom. The van der Waals surface area contributed by atoms with Crippen LogP contribution >= 0.6 is 0 Å². The van der Waals surface area contributed by atoms with Gasteiger partial charge in [-0.1, -0.05) is 30.3 Å². The number of aromatic nitrogens is 2. The topological polar surface area (TPSA) is 64.1 Å². The van der Waals surface area contributed by atoms with Gasteiger partial charge in [0.25, 0.3) is 0 Å². The second kappa shape index (κ2) is 6.13. The highest BCUT2D eigenvalue weighted by atomic mass is 16.5. The zero-order valence-corrected chi connectivity index (χ0v) is 12.6. The highest BCUT2D eigenvalue weighted by Crippen LogP contribution is 2.41. The van der Waals surface area contributed by atoms with Crippen molar-refractivity contribution in [2.24, 2.45) is 0 Å². The fourth-order valence-electron chi connectivity index (χ4n) is 2.46. The number of anilines is 1. The standard InChI is InChI=1S/C17H19N3O2/c1-2-22-16(21)14-11-19-15(12-18-14)20-17(8-9-17)10-13-6-4-3-5-7-13/h3-7,11-12H,2,8-10H2,1H3,(H,19,20). The fraction of sp³-hybridized carbons (Fsp3) is 0.353. The number of hydrogen-bond acceptors (Lipinski definition) is 5. The van der Waals surface area contributed by atoms with Crippen molar-refractivity contribution in [3.63, 3.8) is 0 Å². The molecule has 3 rings (SSSR count). The van der Waals surface area contributed by atoms with Crippen molar-refractivity contribution in [2.75, 3.05) is 11.9 Å². The quantitative estimate of drug-likeness (QED) is 0.831. The first-order valence-electron chi connectivity index (χ1n) is 7.52. The maximum absolute atomic E-state index is 11.5. The average Bonchev–Trinajstić information content (AvgIpc) is 3.28. The number of hydrogen-bond donors (Lipinski definition) is 1.